The van der Waals surface area contributed by atoms with Gasteiger partial charge in [0.05, 0.1) is 6.61 Å². The Labute approximate surface area is 86.3 Å². The zero-order valence-electron chi connectivity index (χ0n) is 7.81. The standard InChI is InChI=1S/C6H12O8S/c1-12-5-3(2-13-15(9,10)11)14-6(8)4(5)7/h3-8H,2H2,1H3,(H,9,10,11)/t3-,4+,5-,6+/m0/s1. The van der Waals surface area contributed by atoms with E-state index in [9.17, 15) is 13.5 Å². The van der Waals surface area contributed by atoms with Gasteiger partial charge in [-0.2, -0.15) is 8.42 Å². The van der Waals surface area contributed by atoms with E-state index in [1.54, 1.807) is 0 Å². The maximum absolute atomic E-state index is 10.3. The van der Waals surface area contributed by atoms with Crippen molar-refractivity contribution in [3.63, 3.8) is 0 Å². The van der Waals surface area contributed by atoms with Crippen LogP contribution in [-0.2, 0) is 24.1 Å². The van der Waals surface area contributed by atoms with Crippen molar-refractivity contribution >= 4 is 10.4 Å². The molecule has 0 unspecified atom stereocenters. The van der Waals surface area contributed by atoms with Crippen molar-refractivity contribution < 1.29 is 36.8 Å². The Morgan fingerprint density at radius 3 is 2.47 bits per heavy atom. The highest BCUT2D eigenvalue weighted by atomic mass is 32.3. The van der Waals surface area contributed by atoms with Gasteiger partial charge in [-0.15, -0.1) is 0 Å². The van der Waals surface area contributed by atoms with Gasteiger partial charge in [-0.1, -0.05) is 0 Å². The lowest BCUT2D eigenvalue weighted by atomic mass is 10.1. The predicted octanol–water partition coefficient (Wildman–Crippen LogP) is -2.10. The van der Waals surface area contributed by atoms with Crippen LogP contribution in [0.3, 0.4) is 0 Å². The monoisotopic (exact) mass is 244 g/mol. The molecule has 0 radical (unpaired) electrons. The third kappa shape index (κ3) is 3.34. The Bertz CT molecular complexity index is 300. The van der Waals surface area contributed by atoms with Crippen molar-refractivity contribution in [2.24, 2.45) is 0 Å². The topological polar surface area (TPSA) is 123 Å². The summed E-state index contributed by atoms with van der Waals surface area (Å²) in [5, 5.41) is 18.4. The van der Waals surface area contributed by atoms with Crippen LogP contribution in [0.1, 0.15) is 0 Å². The van der Waals surface area contributed by atoms with Gasteiger partial charge in [-0.05, 0) is 0 Å². The van der Waals surface area contributed by atoms with Gasteiger partial charge in [-0.3, -0.25) is 4.55 Å². The molecule has 0 amide bonds. The third-order valence-corrected chi connectivity index (χ3v) is 2.40. The molecule has 8 nitrogen and oxygen atoms in total. The molecule has 0 aromatic rings. The molecule has 0 bridgehead atoms. The van der Waals surface area contributed by atoms with E-state index in [1.807, 2.05) is 0 Å². The Morgan fingerprint density at radius 1 is 1.40 bits per heavy atom. The molecule has 1 fully saturated rings. The maximum Gasteiger partial charge on any atom is 0.397 e. The lowest BCUT2D eigenvalue weighted by Gasteiger charge is -2.16. The fourth-order valence-corrected chi connectivity index (χ4v) is 1.60. The molecular weight excluding hydrogens is 232 g/mol. The maximum atomic E-state index is 10.3. The molecule has 1 saturated heterocycles. The molecule has 0 aliphatic carbocycles. The lowest BCUT2D eigenvalue weighted by molar-refractivity contribution is -0.131. The van der Waals surface area contributed by atoms with Crippen LogP contribution in [0.5, 0.6) is 0 Å². The average Bonchev–Trinajstić information content (AvgIpc) is 2.38. The molecule has 1 aliphatic rings. The SMILES string of the molecule is CO[C@@H]1[C@@H](O)[C@H](O)O[C@H]1COS(=O)(=O)O. The second-order valence-corrected chi connectivity index (χ2v) is 4.06. The fraction of sp³-hybridized carbons (Fsp3) is 1.00. The number of methoxy groups -OCH3 is 1. The molecule has 1 heterocycles. The van der Waals surface area contributed by atoms with Crippen LogP contribution in [0.25, 0.3) is 0 Å². The van der Waals surface area contributed by atoms with Crippen molar-refractivity contribution in [3.05, 3.63) is 0 Å². The first-order valence-corrected chi connectivity index (χ1v) is 5.38. The van der Waals surface area contributed by atoms with E-state index in [2.05, 4.69) is 4.18 Å². The van der Waals surface area contributed by atoms with Gasteiger partial charge < -0.3 is 19.7 Å². The van der Waals surface area contributed by atoms with Crippen LogP contribution in [0.4, 0.5) is 0 Å². The van der Waals surface area contributed by atoms with Crippen LogP contribution in [0.15, 0.2) is 0 Å². The van der Waals surface area contributed by atoms with Crippen LogP contribution in [-0.4, -0.2) is 61.5 Å². The highest BCUT2D eigenvalue weighted by Gasteiger charge is 2.43. The average molecular weight is 244 g/mol. The summed E-state index contributed by atoms with van der Waals surface area (Å²) in [6.45, 7) is -0.550. The summed E-state index contributed by atoms with van der Waals surface area (Å²) in [7, 11) is -3.32. The van der Waals surface area contributed by atoms with Gasteiger partial charge >= 0.3 is 10.4 Å². The number of hydrogen-bond donors (Lipinski definition) is 3. The molecule has 15 heavy (non-hydrogen) atoms. The molecule has 0 aromatic carbocycles. The van der Waals surface area contributed by atoms with E-state index in [0.717, 1.165) is 0 Å². The van der Waals surface area contributed by atoms with E-state index >= 15 is 0 Å². The molecule has 0 saturated carbocycles. The van der Waals surface area contributed by atoms with Crippen molar-refractivity contribution in [1.82, 2.24) is 0 Å². The van der Waals surface area contributed by atoms with E-state index in [0.29, 0.717) is 0 Å². The molecule has 1 rings (SSSR count). The Hall–Kier alpha value is -0.290. The van der Waals surface area contributed by atoms with Crippen LogP contribution in [0, 0.1) is 0 Å². The molecule has 1 aliphatic heterocycles. The molecule has 9 heteroatoms. The normalized spacial score (nSPS) is 37.1. The largest absolute Gasteiger partial charge is 0.397 e. The van der Waals surface area contributed by atoms with Crippen molar-refractivity contribution in [3.8, 4) is 0 Å². The van der Waals surface area contributed by atoms with E-state index in [1.165, 1.54) is 7.11 Å². The summed E-state index contributed by atoms with van der Waals surface area (Å²) in [6.07, 6.45) is -4.64. The van der Waals surface area contributed by atoms with Gasteiger partial charge in [0.25, 0.3) is 0 Å². The highest BCUT2D eigenvalue weighted by molar-refractivity contribution is 7.80. The third-order valence-electron chi connectivity index (χ3n) is 1.96. The van der Waals surface area contributed by atoms with Gasteiger partial charge in [-0.25, -0.2) is 4.18 Å². The van der Waals surface area contributed by atoms with Gasteiger partial charge in [0.2, 0.25) is 0 Å². The van der Waals surface area contributed by atoms with Crippen LogP contribution >= 0.6 is 0 Å². The smallest absolute Gasteiger partial charge is 0.385 e. The van der Waals surface area contributed by atoms with Gasteiger partial charge in [0, 0.05) is 7.11 Å². The first-order chi connectivity index (χ1) is 6.85. The minimum absolute atomic E-state index is 0.550. The quantitative estimate of drug-likeness (QED) is 0.480. The number of hydrogen-bond acceptors (Lipinski definition) is 7. The molecule has 90 valence electrons. The van der Waals surface area contributed by atoms with Crippen LogP contribution < -0.4 is 0 Å². The molecule has 0 spiro atoms. The second kappa shape index (κ2) is 4.70. The van der Waals surface area contributed by atoms with Gasteiger partial charge in [0.15, 0.2) is 6.29 Å². The zero-order chi connectivity index (χ0) is 11.6. The molecule has 3 N–H and O–H groups in total. The lowest BCUT2D eigenvalue weighted by Crippen LogP contribution is -2.36. The summed E-state index contributed by atoms with van der Waals surface area (Å²) < 4.78 is 42.4. The van der Waals surface area contributed by atoms with Crippen LogP contribution in [0.2, 0.25) is 0 Å². The number of rotatable bonds is 4. The summed E-state index contributed by atoms with van der Waals surface area (Å²) in [5.41, 5.74) is 0. The summed E-state index contributed by atoms with van der Waals surface area (Å²) in [5.74, 6) is 0. The second-order valence-electron chi connectivity index (χ2n) is 2.97. The number of ether oxygens (including phenoxy) is 2. The summed E-state index contributed by atoms with van der Waals surface area (Å²) >= 11 is 0. The van der Waals surface area contributed by atoms with Crippen molar-refractivity contribution in [1.29, 1.82) is 0 Å². The van der Waals surface area contributed by atoms with E-state index < -0.39 is 41.6 Å². The van der Waals surface area contributed by atoms with E-state index in [-0.39, 0.29) is 0 Å². The first kappa shape index (κ1) is 12.8. The predicted molar refractivity (Wildman–Crippen MR) is 45.2 cm³/mol. The number of aliphatic hydroxyl groups is 2. The fourth-order valence-electron chi connectivity index (χ4n) is 1.30. The first-order valence-electron chi connectivity index (χ1n) is 4.01. The number of aliphatic hydroxyl groups excluding tert-OH is 2. The molecule has 0 aromatic heterocycles. The highest BCUT2D eigenvalue weighted by Crippen LogP contribution is 2.22. The van der Waals surface area contributed by atoms with Crippen molar-refractivity contribution in [2.75, 3.05) is 13.7 Å². The summed E-state index contributed by atoms with van der Waals surface area (Å²) in [6, 6.07) is 0. The Morgan fingerprint density at radius 2 is 2.00 bits per heavy atom. The summed E-state index contributed by atoms with van der Waals surface area (Å²) in [4.78, 5) is 0. The molecular formula is C6H12O8S. The zero-order valence-corrected chi connectivity index (χ0v) is 8.62. The minimum atomic E-state index is -4.58. The Kier molecular flexibility index (Phi) is 4.00. The van der Waals surface area contributed by atoms with E-state index in [4.69, 9.17) is 19.1 Å². The van der Waals surface area contributed by atoms with Gasteiger partial charge in [0.1, 0.15) is 18.3 Å². The Balaban J connectivity index is 2.55. The van der Waals surface area contributed by atoms with Crippen molar-refractivity contribution in [2.45, 2.75) is 24.6 Å². The minimum Gasteiger partial charge on any atom is -0.385 e. The molecule has 4 atom stereocenters.